The largest absolute Gasteiger partial charge is 0.465 e. The number of fused-ring (bicyclic) bond motifs is 1. The van der Waals surface area contributed by atoms with Crippen molar-refractivity contribution in [2.24, 2.45) is 0 Å². The van der Waals surface area contributed by atoms with E-state index in [0.717, 1.165) is 12.2 Å². The highest BCUT2D eigenvalue weighted by atomic mass is 16.6. The van der Waals surface area contributed by atoms with Crippen molar-refractivity contribution in [3.63, 3.8) is 0 Å². The molecule has 2 nitrogen and oxygen atoms in total. The van der Waals surface area contributed by atoms with E-state index in [0.29, 0.717) is 6.42 Å². The van der Waals surface area contributed by atoms with E-state index in [9.17, 15) is 0 Å². The number of ether oxygens (including phenoxy) is 1. The second-order valence-electron chi connectivity index (χ2n) is 2.72. The first kappa shape index (κ1) is 6.68. The van der Waals surface area contributed by atoms with Crippen molar-refractivity contribution in [3.05, 3.63) is 29.8 Å². The normalized spacial score (nSPS) is 22.1. The van der Waals surface area contributed by atoms with E-state index in [2.05, 4.69) is 0 Å². The molecule has 58 valence electrons. The molecule has 1 aromatic rings. The minimum atomic E-state index is -0.607. The third kappa shape index (κ3) is 1.21. The fraction of sp³-hybridized carbons (Fsp3) is 0.333. The molecule has 0 aliphatic carbocycles. The van der Waals surface area contributed by atoms with Crippen LogP contribution in [0.5, 0.6) is 5.75 Å². The van der Waals surface area contributed by atoms with Crippen LogP contribution < -0.4 is 4.74 Å². The highest BCUT2D eigenvalue weighted by Crippen LogP contribution is 2.25. The Kier molecular flexibility index (Phi) is 1.55. The molecule has 1 heterocycles. The zero-order chi connectivity index (χ0) is 7.68. The highest BCUT2D eigenvalue weighted by Gasteiger charge is 2.15. The summed E-state index contributed by atoms with van der Waals surface area (Å²) in [5.41, 5.74) is 1.19. The summed E-state index contributed by atoms with van der Waals surface area (Å²) < 4.78 is 5.19. The summed E-state index contributed by atoms with van der Waals surface area (Å²) >= 11 is 0. The molecule has 0 fully saturated rings. The monoisotopic (exact) mass is 150 g/mol. The molecule has 0 spiro atoms. The number of aliphatic hydroxyl groups excluding tert-OH is 1. The van der Waals surface area contributed by atoms with E-state index in [4.69, 9.17) is 9.84 Å². The molecule has 0 amide bonds. The lowest BCUT2D eigenvalue weighted by Gasteiger charge is -2.21. The molecule has 2 heteroatoms. The van der Waals surface area contributed by atoms with Crippen molar-refractivity contribution in [1.82, 2.24) is 0 Å². The molecule has 2 rings (SSSR count). The van der Waals surface area contributed by atoms with Crippen LogP contribution in [0.1, 0.15) is 12.0 Å². The van der Waals surface area contributed by atoms with E-state index in [1.807, 2.05) is 24.3 Å². The SMILES string of the molecule is O[C@@H]1CCc2ccccc2O1. The molecule has 11 heavy (non-hydrogen) atoms. The first-order valence-electron chi connectivity index (χ1n) is 3.79. The lowest BCUT2D eigenvalue weighted by molar-refractivity contribution is -0.0316. The van der Waals surface area contributed by atoms with Crippen molar-refractivity contribution in [2.45, 2.75) is 19.1 Å². The second kappa shape index (κ2) is 2.55. The topological polar surface area (TPSA) is 29.5 Å². The maximum absolute atomic E-state index is 9.13. The Bertz CT molecular complexity index is 257. The van der Waals surface area contributed by atoms with Gasteiger partial charge in [-0.25, -0.2) is 0 Å². The zero-order valence-electron chi connectivity index (χ0n) is 6.16. The number of aryl methyl sites for hydroxylation is 1. The lowest BCUT2D eigenvalue weighted by atomic mass is 10.1. The molecule has 1 N–H and O–H groups in total. The summed E-state index contributed by atoms with van der Waals surface area (Å²) in [7, 11) is 0. The van der Waals surface area contributed by atoms with E-state index in [1.54, 1.807) is 0 Å². The third-order valence-corrected chi connectivity index (χ3v) is 1.90. The molecule has 0 radical (unpaired) electrons. The smallest absolute Gasteiger partial charge is 0.197 e. The van der Waals surface area contributed by atoms with Gasteiger partial charge in [0.05, 0.1) is 0 Å². The molecule has 0 bridgehead atoms. The van der Waals surface area contributed by atoms with Crippen LogP contribution in [-0.4, -0.2) is 11.4 Å². The Morgan fingerprint density at radius 1 is 1.36 bits per heavy atom. The van der Waals surface area contributed by atoms with Gasteiger partial charge < -0.3 is 9.84 Å². The number of hydrogen-bond donors (Lipinski definition) is 1. The van der Waals surface area contributed by atoms with Gasteiger partial charge in [-0.05, 0) is 18.1 Å². The van der Waals surface area contributed by atoms with Gasteiger partial charge in [0.15, 0.2) is 6.29 Å². The summed E-state index contributed by atoms with van der Waals surface area (Å²) in [6, 6.07) is 7.82. The molecular weight excluding hydrogens is 140 g/mol. The average Bonchev–Trinajstić information content (AvgIpc) is 2.04. The number of hydrogen-bond acceptors (Lipinski definition) is 2. The van der Waals surface area contributed by atoms with Gasteiger partial charge >= 0.3 is 0 Å². The Labute approximate surface area is 65.4 Å². The maximum Gasteiger partial charge on any atom is 0.197 e. The number of benzene rings is 1. The number of aliphatic hydroxyl groups is 1. The van der Waals surface area contributed by atoms with Crippen molar-refractivity contribution in [1.29, 1.82) is 0 Å². The predicted octanol–water partition coefficient (Wildman–Crippen LogP) is 1.33. The van der Waals surface area contributed by atoms with Crippen LogP contribution in [0.15, 0.2) is 24.3 Å². The van der Waals surface area contributed by atoms with Gasteiger partial charge in [-0.15, -0.1) is 0 Å². The van der Waals surface area contributed by atoms with Crippen LogP contribution in [0.4, 0.5) is 0 Å². The average molecular weight is 150 g/mol. The van der Waals surface area contributed by atoms with Gasteiger partial charge in [0.2, 0.25) is 0 Å². The Morgan fingerprint density at radius 3 is 3.09 bits per heavy atom. The second-order valence-corrected chi connectivity index (χ2v) is 2.72. The van der Waals surface area contributed by atoms with Crippen molar-refractivity contribution in [3.8, 4) is 5.75 Å². The summed E-state index contributed by atoms with van der Waals surface area (Å²) in [6.07, 6.45) is 1.01. The molecule has 1 aromatic carbocycles. The first-order valence-corrected chi connectivity index (χ1v) is 3.79. The Morgan fingerprint density at radius 2 is 2.18 bits per heavy atom. The van der Waals surface area contributed by atoms with Crippen molar-refractivity contribution >= 4 is 0 Å². The fourth-order valence-corrected chi connectivity index (χ4v) is 1.31. The Balaban J connectivity index is 2.34. The zero-order valence-corrected chi connectivity index (χ0v) is 6.16. The molecule has 0 saturated carbocycles. The van der Waals surface area contributed by atoms with E-state index in [1.165, 1.54) is 5.56 Å². The Hall–Kier alpha value is -1.02. The van der Waals surface area contributed by atoms with Gasteiger partial charge in [0.25, 0.3) is 0 Å². The first-order chi connectivity index (χ1) is 5.36. The van der Waals surface area contributed by atoms with Gasteiger partial charge in [-0.1, -0.05) is 18.2 Å². The third-order valence-electron chi connectivity index (χ3n) is 1.90. The van der Waals surface area contributed by atoms with E-state index < -0.39 is 6.29 Å². The van der Waals surface area contributed by atoms with Crippen LogP contribution in [0.25, 0.3) is 0 Å². The highest BCUT2D eigenvalue weighted by molar-refractivity contribution is 5.34. The number of rotatable bonds is 0. The molecule has 0 unspecified atom stereocenters. The van der Waals surface area contributed by atoms with Crippen LogP contribution in [0.2, 0.25) is 0 Å². The van der Waals surface area contributed by atoms with Crippen LogP contribution in [0.3, 0.4) is 0 Å². The summed E-state index contributed by atoms with van der Waals surface area (Å²) in [6.45, 7) is 0. The lowest BCUT2D eigenvalue weighted by Crippen LogP contribution is -2.21. The summed E-state index contributed by atoms with van der Waals surface area (Å²) in [5.74, 6) is 0.825. The van der Waals surface area contributed by atoms with Crippen molar-refractivity contribution < 1.29 is 9.84 Å². The maximum atomic E-state index is 9.13. The van der Waals surface area contributed by atoms with Crippen LogP contribution in [-0.2, 0) is 6.42 Å². The fourth-order valence-electron chi connectivity index (χ4n) is 1.31. The molecule has 1 aliphatic heterocycles. The summed E-state index contributed by atoms with van der Waals surface area (Å²) in [4.78, 5) is 0. The van der Waals surface area contributed by atoms with Crippen LogP contribution >= 0.6 is 0 Å². The van der Waals surface area contributed by atoms with E-state index in [-0.39, 0.29) is 0 Å². The minimum Gasteiger partial charge on any atom is -0.465 e. The van der Waals surface area contributed by atoms with Crippen LogP contribution in [0, 0.1) is 0 Å². The van der Waals surface area contributed by atoms with E-state index >= 15 is 0 Å². The number of para-hydroxylation sites is 1. The standard InChI is InChI=1S/C9H10O2/c10-9-6-5-7-3-1-2-4-8(7)11-9/h1-4,9-10H,5-6H2/t9-/m0/s1. The quantitative estimate of drug-likeness (QED) is 0.604. The summed E-state index contributed by atoms with van der Waals surface area (Å²) in [5, 5.41) is 9.13. The predicted molar refractivity (Wildman–Crippen MR) is 41.4 cm³/mol. The minimum absolute atomic E-state index is 0.607. The van der Waals surface area contributed by atoms with Gasteiger partial charge in [-0.2, -0.15) is 0 Å². The van der Waals surface area contributed by atoms with Crippen molar-refractivity contribution in [2.75, 3.05) is 0 Å². The molecular formula is C9H10O2. The molecule has 0 aromatic heterocycles. The van der Waals surface area contributed by atoms with Gasteiger partial charge in [0, 0.05) is 6.42 Å². The van der Waals surface area contributed by atoms with Gasteiger partial charge in [-0.3, -0.25) is 0 Å². The molecule has 1 atom stereocenters. The molecule has 0 saturated heterocycles. The van der Waals surface area contributed by atoms with Gasteiger partial charge in [0.1, 0.15) is 5.75 Å². The molecule has 1 aliphatic rings.